The summed E-state index contributed by atoms with van der Waals surface area (Å²) >= 11 is 6.73. The van der Waals surface area contributed by atoms with Crippen molar-refractivity contribution in [2.75, 3.05) is 49.6 Å². The Morgan fingerprint density at radius 2 is 0.976 bits per heavy atom. The zero-order valence-electron chi connectivity index (χ0n) is 47.5. The zero-order chi connectivity index (χ0) is 59.1. The van der Waals surface area contributed by atoms with Gasteiger partial charge in [-0.25, -0.2) is 0 Å². The maximum atomic E-state index is 13.0. The van der Waals surface area contributed by atoms with Gasteiger partial charge in [-0.15, -0.1) is 48.3 Å². The maximum Gasteiger partial charge on any atom is 0.416 e. The van der Waals surface area contributed by atoms with Crippen LogP contribution in [0.2, 0.25) is 0 Å². The van der Waals surface area contributed by atoms with Crippen LogP contribution in [0.3, 0.4) is 0 Å². The lowest BCUT2D eigenvalue weighted by molar-refractivity contribution is -0.138. The third-order valence-electron chi connectivity index (χ3n) is 13.1. The second kappa shape index (κ2) is 36.3. The number of morpholine rings is 2. The highest BCUT2D eigenvalue weighted by Gasteiger charge is 2.32. The van der Waals surface area contributed by atoms with Gasteiger partial charge in [-0.3, -0.25) is 24.6 Å². The first-order valence-corrected chi connectivity index (χ1v) is 30.6. The summed E-state index contributed by atoms with van der Waals surface area (Å²) < 4.78 is 94.4. The highest BCUT2D eigenvalue weighted by molar-refractivity contribution is 9.09. The average Bonchev–Trinajstić information content (AvgIpc) is 2.65. The Morgan fingerprint density at radius 3 is 1.38 bits per heavy atom. The molecule has 2 aromatic heterocycles. The van der Waals surface area contributed by atoms with E-state index < -0.39 is 23.5 Å². The summed E-state index contributed by atoms with van der Waals surface area (Å²) in [5.41, 5.74) is 2.55. The van der Waals surface area contributed by atoms with E-state index in [9.17, 15) is 36.2 Å². The number of fused-ring (bicyclic) bond motifs is 2. The summed E-state index contributed by atoms with van der Waals surface area (Å²) in [5.74, 6) is 3.26. The highest BCUT2D eigenvalue weighted by Crippen LogP contribution is 2.36. The van der Waals surface area contributed by atoms with Gasteiger partial charge in [-0.1, -0.05) is 58.7 Å². The smallest absolute Gasteiger partial charge is 0.416 e. The minimum absolute atomic E-state index is 0. The van der Waals surface area contributed by atoms with Crippen molar-refractivity contribution in [3.63, 3.8) is 0 Å². The van der Waals surface area contributed by atoms with Gasteiger partial charge in [-0.2, -0.15) is 26.3 Å². The molecular formula is C63H75BrCl2F6N4O6S2. The number of halogens is 9. The fraction of sp³-hybridized carbons (Fsp3) is 0.413. The van der Waals surface area contributed by atoms with E-state index in [-0.39, 0.29) is 42.8 Å². The fourth-order valence-corrected chi connectivity index (χ4v) is 11.8. The first-order chi connectivity index (χ1) is 39.3. The summed E-state index contributed by atoms with van der Waals surface area (Å²) in [4.78, 5) is 25.0. The lowest BCUT2D eigenvalue weighted by atomic mass is 10.1. The quantitative estimate of drug-likeness (QED) is 0.0264. The van der Waals surface area contributed by atoms with Crippen LogP contribution in [-0.4, -0.2) is 110 Å². The molecule has 2 saturated heterocycles. The van der Waals surface area contributed by atoms with E-state index >= 15 is 0 Å². The van der Waals surface area contributed by atoms with Crippen LogP contribution in [0.1, 0.15) is 98.8 Å². The van der Waals surface area contributed by atoms with Gasteiger partial charge in [0.25, 0.3) is 0 Å². The number of aromatic hydroxyl groups is 2. The molecule has 458 valence electrons. The number of aldehydes is 1. The number of carbonyl (C=O) groups excluding carboxylic acids is 1. The Morgan fingerprint density at radius 1 is 0.571 bits per heavy atom. The number of aromatic nitrogens is 2. The number of phenols is 2. The van der Waals surface area contributed by atoms with Crippen molar-refractivity contribution >= 4 is 92.4 Å². The van der Waals surface area contributed by atoms with Crippen LogP contribution in [0.25, 0.3) is 21.8 Å². The number of hydrogen-bond acceptors (Lipinski definition) is 12. The first-order valence-electron chi connectivity index (χ1n) is 27.5. The lowest BCUT2D eigenvalue weighted by Gasteiger charge is -2.35. The van der Waals surface area contributed by atoms with E-state index in [2.05, 4.69) is 75.5 Å². The molecule has 5 aromatic carbocycles. The molecule has 4 atom stereocenters. The van der Waals surface area contributed by atoms with Gasteiger partial charge < -0.3 is 24.4 Å². The number of pyridine rings is 2. The van der Waals surface area contributed by atoms with Crippen molar-refractivity contribution < 1.29 is 55.6 Å². The summed E-state index contributed by atoms with van der Waals surface area (Å²) in [6.07, 6.45) is 2.74. The molecule has 9 rings (SSSR count). The standard InChI is InChI=1S/C28H33F3N2O2S.C15H15BrF3NS.C13H19NO2.C7H6O2.2ClH/c1-20-17-33(18-21(2)35-20)19-22-6-9-24(10-7-22)34-14-4-3-5-15-36-27-12-13-32-26-16-23(28(29,30)31)8-11-25(26)27;16-7-2-1-3-9-21-14-6-8-20-13-10-11(15(17,18)19)4-5-12(13)14;1-10-7-14(8-11(2)16-10)9-12-3-5-13(15)6-4-12;8-5-6-1-3-7(9)4-2-6;;/h6-13,16,20-21H,3-5,14-15,17-19H2,1-2H3;4-6,8,10H,1-3,7,9H2;3-6,10-11,15H,7-9H2,1-2H3;1-5,9H;2*1H/t20-,21+;;10-,11+;;;. The van der Waals surface area contributed by atoms with Crippen LogP contribution in [0.5, 0.6) is 17.2 Å². The number of nitrogens with zero attached hydrogens (tertiary/aromatic N) is 4. The monoisotopic (exact) mass is 1310 g/mol. The lowest BCUT2D eigenvalue weighted by Crippen LogP contribution is -2.44. The number of benzene rings is 5. The Hall–Kier alpha value is -4.83. The summed E-state index contributed by atoms with van der Waals surface area (Å²) in [6, 6.07) is 33.1. The summed E-state index contributed by atoms with van der Waals surface area (Å²) in [7, 11) is 0. The normalized spacial score (nSPS) is 17.2. The number of hydrogen-bond donors (Lipinski definition) is 2. The second-order valence-corrected chi connectivity index (χ2v) is 23.4. The summed E-state index contributed by atoms with van der Waals surface area (Å²) in [6.45, 7) is 14.8. The van der Waals surface area contributed by atoms with Crippen molar-refractivity contribution in [1.29, 1.82) is 0 Å². The predicted molar refractivity (Wildman–Crippen MR) is 335 cm³/mol. The molecular weight excluding hydrogens is 1240 g/mol. The molecule has 2 aliphatic heterocycles. The third kappa shape index (κ3) is 24.9. The van der Waals surface area contributed by atoms with Gasteiger partial charge in [0, 0.05) is 83.1 Å². The molecule has 84 heavy (non-hydrogen) atoms. The van der Waals surface area contributed by atoms with Crippen LogP contribution in [0.4, 0.5) is 26.3 Å². The molecule has 0 amide bonds. The van der Waals surface area contributed by atoms with Gasteiger partial charge >= 0.3 is 12.4 Å². The molecule has 0 unspecified atom stereocenters. The molecule has 0 bridgehead atoms. The number of ether oxygens (including phenoxy) is 3. The Bertz CT molecular complexity index is 3010. The number of thioether (sulfide) groups is 2. The molecule has 7 aromatic rings. The van der Waals surface area contributed by atoms with Gasteiger partial charge in [-0.05, 0) is 167 Å². The molecule has 0 spiro atoms. The summed E-state index contributed by atoms with van der Waals surface area (Å²) in [5, 5.41) is 20.5. The van der Waals surface area contributed by atoms with Crippen LogP contribution >= 0.6 is 64.3 Å². The fourth-order valence-electron chi connectivity index (χ4n) is 9.35. The predicted octanol–water partition coefficient (Wildman–Crippen LogP) is 17.2. The maximum absolute atomic E-state index is 13.0. The molecule has 4 heterocycles. The molecule has 2 aliphatic rings. The van der Waals surface area contributed by atoms with E-state index in [0.717, 1.165) is 151 Å². The topological polar surface area (TPSA) is 117 Å². The molecule has 10 nitrogen and oxygen atoms in total. The highest BCUT2D eigenvalue weighted by atomic mass is 79.9. The van der Waals surface area contributed by atoms with Gasteiger partial charge in [0.1, 0.15) is 23.5 Å². The van der Waals surface area contributed by atoms with E-state index in [1.165, 1.54) is 35.4 Å². The number of carbonyl (C=O) groups is 1. The first kappa shape index (κ1) is 71.6. The van der Waals surface area contributed by atoms with Crippen LogP contribution in [0.15, 0.2) is 144 Å². The van der Waals surface area contributed by atoms with Crippen molar-refractivity contribution in [3.8, 4) is 17.2 Å². The zero-order valence-corrected chi connectivity index (χ0v) is 52.3. The van der Waals surface area contributed by atoms with E-state index in [4.69, 9.17) is 19.3 Å². The molecule has 0 saturated carbocycles. The van der Waals surface area contributed by atoms with Gasteiger partial charge in [0.05, 0.1) is 53.2 Å². The molecule has 21 heteroatoms. The molecule has 2 fully saturated rings. The third-order valence-corrected chi connectivity index (χ3v) is 16.0. The minimum Gasteiger partial charge on any atom is -0.508 e. The number of rotatable bonds is 19. The Labute approximate surface area is 518 Å². The number of unbranched alkanes of at least 4 members (excludes halogenated alkanes) is 4. The van der Waals surface area contributed by atoms with E-state index in [1.807, 2.05) is 36.4 Å². The number of alkyl halides is 7. The van der Waals surface area contributed by atoms with Crippen molar-refractivity contribution in [2.24, 2.45) is 0 Å². The van der Waals surface area contributed by atoms with E-state index in [0.29, 0.717) is 41.2 Å². The van der Waals surface area contributed by atoms with Gasteiger partial charge in [0.2, 0.25) is 0 Å². The molecule has 0 aliphatic carbocycles. The second-order valence-electron chi connectivity index (χ2n) is 20.4. The molecule has 2 N–H and O–H groups in total. The SMILES string of the molecule is C[C@@H]1CN(Cc2ccc(O)cc2)C[C@H](C)O1.C[C@@H]1CN(Cc2ccc(OCCCCCSc3ccnc4cc(C(F)(F)F)ccc34)cc2)C[C@H](C)O1.Cl.Cl.FC(F)(F)c1ccc2c(SCCCCCBr)ccnc2c1.O=Cc1ccc(O)cc1. The van der Waals surface area contributed by atoms with Crippen molar-refractivity contribution in [2.45, 2.75) is 126 Å². The molecule has 0 radical (unpaired) electrons. The number of phenolic OH excluding ortho intramolecular Hbond substituents is 2. The van der Waals surface area contributed by atoms with Crippen LogP contribution in [-0.2, 0) is 34.9 Å². The minimum atomic E-state index is -4.36. The largest absolute Gasteiger partial charge is 0.508 e. The van der Waals surface area contributed by atoms with Crippen LogP contribution < -0.4 is 4.74 Å². The Kier molecular flexibility index (Phi) is 31.0. The van der Waals surface area contributed by atoms with E-state index in [1.54, 1.807) is 60.2 Å². The van der Waals surface area contributed by atoms with Crippen molar-refractivity contribution in [1.82, 2.24) is 19.8 Å². The van der Waals surface area contributed by atoms with Crippen LogP contribution in [0, 0.1) is 0 Å². The Balaban J connectivity index is 0.000000267. The average molecular weight is 1310 g/mol. The van der Waals surface area contributed by atoms with Gasteiger partial charge in [0.15, 0.2) is 0 Å². The van der Waals surface area contributed by atoms with Crippen molar-refractivity contribution in [3.05, 3.63) is 162 Å².